The lowest BCUT2D eigenvalue weighted by Crippen LogP contribution is -1.96. The smallest absolute Gasteiger partial charge is 0.162 e. The monoisotopic (exact) mass is 164 g/mol. The summed E-state index contributed by atoms with van der Waals surface area (Å²) in [4.78, 5) is 22.0. The van der Waals surface area contributed by atoms with Gasteiger partial charge < -0.3 is 0 Å². The molecule has 0 radical (unpaired) electrons. The van der Waals surface area contributed by atoms with Crippen LogP contribution < -0.4 is 0 Å². The van der Waals surface area contributed by atoms with Gasteiger partial charge in [-0.3, -0.25) is 9.59 Å². The zero-order valence-corrected chi connectivity index (χ0v) is 7.39. The number of allylic oxidation sites excluding steroid dienone is 4. The van der Waals surface area contributed by atoms with Crippen LogP contribution in [0.2, 0.25) is 0 Å². The maximum Gasteiger partial charge on any atom is 0.162 e. The van der Waals surface area contributed by atoms with Crippen LogP contribution in [0.15, 0.2) is 23.3 Å². The maximum absolute atomic E-state index is 11.2. The molecule has 0 amide bonds. The molecule has 0 aromatic rings. The summed E-state index contributed by atoms with van der Waals surface area (Å²) in [5.74, 6) is 0.177. The maximum atomic E-state index is 11.2. The molecule has 1 rings (SSSR count). The number of carbonyl (C=O) groups is 2. The highest BCUT2D eigenvalue weighted by Gasteiger charge is 2.14. The van der Waals surface area contributed by atoms with Crippen molar-refractivity contribution >= 4 is 11.6 Å². The van der Waals surface area contributed by atoms with Crippen LogP contribution in [-0.2, 0) is 9.59 Å². The fourth-order valence-corrected chi connectivity index (χ4v) is 1.17. The number of ketones is 2. The summed E-state index contributed by atoms with van der Waals surface area (Å²) in [6.45, 7) is 3.35. The van der Waals surface area contributed by atoms with Crippen molar-refractivity contribution in [2.75, 3.05) is 0 Å². The van der Waals surface area contributed by atoms with Crippen molar-refractivity contribution in [3.8, 4) is 0 Å². The van der Waals surface area contributed by atoms with E-state index in [0.717, 1.165) is 5.57 Å². The van der Waals surface area contributed by atoms with Gasteiger partial charge in [0.15, 0.2) is 11.6 Å². The molecule has 2 heteroatoms. The Kier molecular flexibility index (Phi) is 2.58. The second-order valence-electron chi connectivity index (χ2n) is 2.87. The van der Waals surface area contributed by atoms with Crippen LogP contribution in [0, 0.1) is 0 Å². The highest BCUT2D eigenvalue weighted by Crippen LogP contribution is 2.19. The van der Waals surface area contributed by atoms with E-state index in [0.29, 0.717) is 18.4 Å². The third kappa shape index (κ3) is 1.70. The van der Waals surface area contributed by atoms with Crippen LogP contribution in [0.25, 0.3) is 0 Å². The summed E-state index contributed by atoms with van der Waals surface area (Å²) in [6, 6.07) is 0. The van der Waals surface area contributed by atoms with Crippen molar-refractivity contribution < 1.29 is 9.59 Å². The molecule has 0 unspecified atom stereocenters. The molecule has 0 saturated heterocycles. The third-order valence-corrected chi connectivity index (χ3v) is 1.97. The largest absolute Gasteiger partial charge is 0.295 e. The third-order valence-electron chi connectivity index (χ3n) is 1.97. The number of rotatable bonds is 3. The minimum atomic E-state index is 0.0603. The molecule has 0 saturated carbocycles. The Morgan fingerprint density at radius 1 is 1.50 bits per heavy atom. The van der Waals surface area contributed by atoms with Crippen molar-refractivity contribution in [3.63, 3.8) is 0 Å². The van der Waals surface area contributed by atoms with Crippen LogP contribution in [0.1, 0.15) is 26.7 Å². The average Bonchev–Trinajstić information content (AvgIpc) is 2.51. The van der Waals surface area contributed by atoms with Crippen LogP contribution in [0.5, 0.6) is 0 Å². The van der Waals surface area contributed by atoms with Gasteiger partial charge in [-0.1, -0.05) is 13.0 Å². The summed E-state index contributed by atoms with van der Waals surface area (Å²) >= 11 is 0. The van der Waals surface area contributed by atoms with E-state index in [2.05, 4.69) is 0 Å². The van der Waals surface area contributed by atoms with Crippen LogP contribution in [0.3, 0.4) is 0 Å². The molecule has 1 aliphatic carbocycles. The van der Waals surface area contributed by atoms with E-state index in [1.165, 1.54) is 6.92 Å². The predicted octanol–water partition coefficient (Wildman–Crippen LogP) is 1.81. The fraction of sp³-hybridized carbons (Fsp3) is 0.400. The molecule has 0 N–H and O–H groups in total. The first-order valence-electron chi connectivity index (χ1n) is 4.10. The van der Waals surface area contributed by atoms with E-state index >= 15 is 0 Å². The van der Waals surface area contributed by atoms with E-state index in [1.807, 2.05) is 13.0 Å². The normalized spacial score (nSPS) is 15.5. The lowest BCUT2D eigenvalue weighted by atomic mass is 10.1. The topological polar surface area (TPSA) is 34.1 Å². The van der Waals surface area contributed by atoms with Gasteiger partial charge in [0, 0.05) is 12.0 Å². The van der Waals surface area contributed by atoms with Gasteiger partial charge in [0.1, 0.15) is 0 Å². The van der Waals surface area contributed by atoms with Crippen LogP contribution in [-0.4, -0.2) is 11.6 Å². The number of hydrogen-bond donors (Lipinski definition) is 0. The Morgan fingerprint density at radius 2 is 2.17 bits per heavy atom. The van der Waals surface area contributed by atoms with Gasteiger partial charge in [-0.15, -0.1) is 0 Å². The first-order valence-corrected chi connectivity index (χ1v) is 4.10. The molecule has 12 heavy (non-hydrogen) atoms. The minimum Gasteiger partial charge on any atom is -0.295 e. The Morgan fingerprint density at radius 3 is 2.58 bits per heavy atom. The highest BCUT2D eigenvalue weighted by atomic mass is 16.1. The highest BCUT2D eigenvalue weighted by molar-refractivity contribution is 6.03. The van der Waals surface area contributed by atoms with E-state index in [1.54, 1.807) is 6.08 Å². The quantitative estimate of drug-likeness (QED) is 0.637. The molecule has 0 heterocycles. The molecule has 2 nitrogen and oxygen atoms in total. The predicted molar refractivity (Wildman–Crippen MR) is 46.8 cm³/mol. The summed E-state index contributed by atoms with van der Waals surface area (Å²) in [6.07, 6.45) is 4.65. The second kappa shape index (κ2) is 3.48. The van der Waals surface area contributed by atoms with Crippen molar-refractivity contribution in [2.24, 2.45) is 0 Å². The molecule has 64 valence electrons. The molecule has 0 aliphatic heterocycles. The van der Waals surface area contributed by atoms with E-state index in [-0.39, 0.29) is 11.6 Å². The Balaban J connectivity index is 2.74. The lowest BCUT2D eigenvalue weighted by Gasteiger charge is -1.92. The molecule has 0 aromatic heterocycles. The fourth-order valence-electron chi connectivity index (χ4n) is 1.17. The molecule has 0 fully saturated rings. The summed E-state index contributed by atoms with van der Waals surface area (Å²) < 4.78 is 0. The van der Waals surface area contributed by atoms with Gasteiger partial charge in [0.05, 0.1) is 0 Å². The van der Waals surface area contributed by atoms with Gasteiger partial charge in [-0.25, -0.2) is 0 Å². The Labute approximate surface area is 72.0 Å². The number of hydrogen-bond acceptors (Lipinski definition) is 2. The zero-order valence-electron chi connectivity index (χ0n) is 7.39. The molecular weight excluding hydrogens is 152 g/mol. The number of Topliss-reactive ketones (excluding diaryl/α,β-unsaturated/α-hetero) is 2. The van der Waals surface area contributed by atoms with E-state index in [4.69, 9.17) is 0 Å². The van der Waals surface area contributed by atoms with Crippen LogP contribution >= 0.6 is 0 Å². The van der Waals surface area contributed by atoms with Gasteiger partial charge in [-0.05, 0) is 25.0 Å². The Bertz CT molecular complexity index is 282. The molecule has 0 atom stereocenters. The molecule has 0 spiro atoms. The molecule has 0 aromatic carbocycles. The first-order chi connectivity index (χ1) is 5.65. The van der Waals surface area contributed by atoms with Gasteiger partial charge in [-0.2, -0.15) is 0 Å². The van der Waals surface area contributed by atoms with Crippen molar-refractivity contribution in [1.82, 2.24) is 0 Å². The van der Waals surface area contributed by atoms with Crippen molar-refractivity contribution in [3.05, 3.63) is 23.3 Å². The SMILES string of the molecule is CCC(=O)C1=CCC(C(C)=O)=C1. The van der Waals surface area contributed by atoms with Crippen molar-refractivity contribution in [2.45, 2.75) is 26.7 Å². The number of carbonyl (C=O) groups excluding carboxylic acids is 2. The second-order valence-corrected chi connectivity index (χ2v) is 2.87. The Hall–Kier alpha value is -1.18. The van der Waals surface area contributed by atoms with Gasteiger partial charge in [0.25, 0.3) is 0 Å². The summed E-state index contributed by atoms with van der Waals surface area (Å²) in [5.41, 5.74) is 1.44. The molecule has 1 aliphatic rings. The summed E-state index contributed by atoms with van der Waals surface area (Å²) in [5, 5.41) is 0. The molecule has 0 bridgehead atoms. The van der Waals surface area contributed by atoms with Crippen molar-refractivity contribution in [1.29, 1.82) is 0 Å². The lowest BCUT2D eigenvalue weighted by molar-refractivity contribution is -0.115. The van der Waals surface area contributed by atoms with E-state index in [9.17, 15) is 9.59 Å². The summed E-state index contributed by atoms with van der Waals surface area (Å²) in [7, 11) is 0. The average molecular weight is 164 g/mol. The van der Waals surface area contributed by atoms with Crippen LogP contribution in [0.4, 0.5) is 0 Å². The minimum absolute atomic E-state index is 0.0603. The first kappa shape index (κ1) is 8.91. The van der Waals surface area contributed by atoms with E-state index < -0.39 is 0 Å². The van der Waals surface area contributed by atoms with Gasteiger partial charge >= 0.3 is 0 Å². The molecular formula is C10H12O2. The van der Waals surface area contributed by atoms with Gasteiger partial charge in [0.2, 0.25) is 0 Å². The standard InChI is InChI=1S/C10H12O2/c1-3-10(12)9-5-4-8(6-9)7(2)11/h5-6H,3-4H2,1-2H3. The zero-order chi connectivity index (χ0) is 9.14.